The molecule has 9 heteroatoms. The molecule has 0 bridgehead atoms. The summed E-state index contributed by atoms with van der Waals surface area (Å²) in [6.07, 6.45) is 2.36. The first kappa shape index (κ1) is 15.0. The average molecular weight is 309 g/mol. The standard InChI is InChI=1S/C12H15N5O3S/c1-21(19,20)15-11-8-17(16-14-11)9-12(18)13-7-10-5-3-2-4-6-10/h2-6,8,15H,7,9H2,1H3,(H,13,18). The molecule has 0 atom stereocenters. The molecule has 0 aliphatic rings. The molecule has 0 saturated heterocycles. The summed E-state index contributed by atoms with van der Waals surface area (Å²) in [6, 6.07) is 9.49. The largest absolute Gasteiger partial charge is 0.350 e. The predicted molar refractivity (Wildman–Crippen MR) is 76.8 cm³/mol. The van der Waals surface area contributed by atoms with E-state index < -0.39 is 10.0 Å². The zero-order valence-electron chi connectivity index (χ0n) is 11.4. The zero-order valence-corrected chi connectivity index (χ0v) is 12.2. The van der Waals surface area contributed by atoms with Gasteiger partial charge in [-0.2, -0.15) is 0 Å². The molecule has 1 aromatic heterocycles. The molecule has 8 nitrogen and oxygen atoms in total. The van der Waals surface area contributed by atoms with Crippen LogP contribution in [-0.4, -0.2) is 35.6 Å². The van der Waals surface area contributed by atoms with Crippen molar-refractivity contribution in [2.24, 2.45) is 0 Å². The molecule has 0 aliphatic carbocycles. The fraction of sp³-hybridized carbons (Fsp3) is 0.250. The third-order valence-corrected chi connectivity index (χ3v) is 3.05. The minimum absolute atomic E-state index is 0.0364. The lowest BCUT2D eigenvalue weighted by Crippen LogP contribution is -2.27. The van der Waals surface area contributed by atoms with Gasteiger partial charge in [-0.3, -0.25) is 9.52 Å². The molecule has 112 valence electrons. The number of hydrogen-bond acceptors (Lipinski definition) is 5. The molecule has 2 N–H and O–H groups in total. The van der Waals surface area contributed by atoms with E-state index in [0.29, 0.717) is 6.54 Å². The Kier molecular flexibility index (Phi) is 4.53. The summed E-state index contributed by atoms with van der Waals surface area (Å²) in [7, 11) is -3.40. The first-order valence-electron chi connectivity index (χ1n) is 6.11. The Hall–Kier alpha value is -2.42. The molecule has 2 rings (SSSR count). The van der Waals surface area contributed by atoms with Crippen LogP contribution < -0.4 is 10.0 Å². The average Bonchev–Trinajstić information content (AvgIpc) is 2.82. The van der Waals surface area contributed by atoms with Gasteiger partial charge in [0.15, 0.2) is 5.82 Å². The number of nitrogens with zero attached hydrogens (tertiary/aromatic N) is 3. The van der Waals surface area contributed by atoms with E-state index >= 15 is 0 Å². The predicted octanol–water partition coefficient (Wildman–Crippen LogP) is -0.0340. The fourth-order valence-corrected chi connectivity index (χ4v) is 2.09. The highest BCUT2D eigenvalue weighted by atomic mass is 32.2. The van der Waals surface area contributed by atoms with Crippen molar-refractivity contribution in [3.8, 4) is 0 Å². The highest BCUT2D eigenvalue weighted by Gasteiger charge is 2.08. The van der Waals surface area contributed by atoms with Crippen LogP contribution in [0.5, 0.6) is 0 Å². The fourth-order valence-electron chi connectivity index (χ4n) is 1.61. The van der Waals surface area contributed by atoms with E-state index in [4.69, 9.17) is 0 Å². The normalized spacial score (nSPS) is 11.1. The number of carbonyl (C=O) groups excluding carboxylic acids is 1. The van der Waals surface area contributed by atoms with Crippen LogP contribution in [0.4, 0.5) is 5.82 Å². The van der Waals surface area contributed by atoms with Crippen LogP contribution in [0.1, 0.15) is 5.56 Å². The molecule has 0 radical (unpaired) electrons. The molecule has 1 aromatic carbocycles. The third kappa shape index (κ3) is 5.22. The summed E-state index contributed by atoms with van der Waals surface area (Å²) in [5.41, 5.74) is 0.990. The second kappa shape index (κ2) is 6.35. The van der Waals surface area contributed by atoms with Crippen LogP contribution in [0.15, 0.2) is 36.5 Å². The van der Waals surface area contributed by atoms with Crippen molar-refractivity contribution in [2.75, 3.05) is 11.0 Å². The summed E-state index contributed by atoms with van der Waals surface area (Å²) < 4.78 is 25.5. The number of rotatable bonds is 6. The molecule has 2 aromatic rings. The molecule has 0 fully saturated rings. The van der Waals surface area contributed by atoms with E-state index in [1.54, 1.807) is 0 Å². The lowest BCUT2D eigenvalue weighted by atomic mass is 10.2. The summed E-state index contributed by atoms with van der Waals surface area (Å²) in [6.45, 7) is 0.383. The van der Waals surface area contributed by atoms with Crippen molar-refractivity contribution in [1.29, 1.82) is 0 Å². The van der Waals surface area contributed by atoms with Crippen LogP contribution in [0.2, 0.25) is 0 Å². The molecular formula is C12H15N5O3S. The first-order valence-corrected chi connectivity index (χ1v) is 8.00. The molecule has 0 spiro atoms. The topological polar surface area (TPSA) is 106 Å². The van der Waals surface area contributed by atoms with E-state index in [1.807, 2.05) is 30.3 Å². The molecule has 0 unspecified atom stereocenters. The Morgan fingerprint density at radius 2 is 2.00 bits per heavy atom. The number of benzene rings is 1. The van der Waals surface area contributed by atoms with Crippen molar-refractivity contribution in [1.82, 2.24) is 20.3 Å². The Bertz CT molecular complexity index is 712. The molecular weight excluding hydrogens is 294 g/mol. The Morgan fingerprint density at radius 3 is 2.67 bits per heavy atom. The van der Waals surface area contributed by atoms with Crippen molar-refractivity contribution < 1.29 is 13.2 Å². The van der Waals surface area contributed by atoms with Crippen LogP contribution in [0, 0.1) is 0 Å². The van der Waals surface area contributed by atoms with Gasteiger partial charge in [0, 0.05) is 6.54 Å². The molecule has 0 saturated carbocycles. The zero-order chi connectivity index (χ0) is 15.3. The highest BCUT2D eigenvalue weighted by molar-refractivity contribution is 7.92. The van der Waals surface area contributed by atoms with Crippen molar-refractivity contribution in [3.63, 3.8) is 0 Å². The van der Waals surface area contributed by atoms with Gasteiger partial charge < -0.3 is 5.32 Å². The molecule has 21 heavy (non-hydrogen) atoms. The van der Waals surface area contributed by atoms with Gasteiger partial charge in [-0.15, -0.1) is 5.10 Å². The summed E-state index contributed by atoms with van der Waals surface area (Å²) in [5, 5.41) is 10.0. The number of anilines is 1. The van der Waals surface area contributed by atoms with Gasteiger partial charge in [0.1, 0.15) is 6.54 Å². The Labute approximate surface area is 122 Å². The van der Waals surface area contributed by atoms with E-state index in [9.17, 15) is 13.2 Å². The second-order valence-corrected chi connectivity index (χ2v) is 6.19. The lowest BCUT2D eigenvalue weighted by molar-refractivity contribution is -0.122. The smallest absolute Gasteiger partial charge is 0.242 e. The second-order valence-electron chi connectivity index (χ2n) is 4.44. The third-order valence-electron chi connectivity index (χ3n) is 2.47. The van der Waals surface area contributed by atoms with E-state index in [-0.39, 0.29) is 18.3 Å². The Balaban J connectivity index is 1.85. The van der Waals surface area contributed by atoms with Gasteiger partial charge in [0.25, 0.3) is 0 Å². The number of hydrogen-bond donors (Lipinski definition) is 2. The maximum absolute atomic E-state index is 11.7. The van der Waals surface area contributed by atoms with Crippen LogP contribution in [0.3, 0.4) is 0 Å². The van der Waals surface area contributed by atoms with Gasteiger partial charge >= 0.3 is 0 Å². The molecule has 1 amide bonds. The van der Waals surface area contributed by atoms with Gasteiger partial charge in [0.2, 0.25) is 15.9 Å². The first-order chi connectivity index (χ1) is 9.92. The van der Waals surface area contributed by atoms with E-state index in [2.05, 4.69) is 20.4 Å². The minimum atomic E-state index is -3.40. The summed E-state index contributed by atoms with van der Waals surface area (Å²) in [5.74, 6) is -0.164. The van der Waals surface area contributed by atoms with Crippen molar-refractivity contribution >= 4 is 21.7 Å². The minimum Gasteiger partial charge on any atom is -0.350 e. The quantitative estimate of drug-likeness (QED) is 0.779. The van der Waals surface area contributed by atoms with Crippen LogP contribution in [-0.2, 0) is 27.9 Å². The highest BCUT2D eigenvalue weighted by Crippen LogP contribution is 2.02. The van der Waals surface area contributed by atoms with Crippen molar-refractivity contribution in [3.05, 3.63) is 42.1 Å². The molecule has 0 aliphatic heterocycles. The molecule has 1 heterocycles. The van der Waals surface area contributed by atoms with Crippen molar-refractivity contribution in [2.45, 2.75) is 13.1 Å². The Morgan fingerprint density at radius 1 is 1.29 bits per heavy atom. The number of nitrogens with one attached hydrogen (secondary N) is 2. The summed E-state index contributed by atoms with van der Waals surface area (Å²) in [4.78, 5) is 11.7. The van der Waals surface area contributed by atoms with E-state index in [0.717, 1.165) is 11.8 Å². The van der Waals surface area contributed by atoms with E-state index in [1.165, 1.54) is 10.9 Å². The number of sulfonamides is 1. The van der Waals surface area contributed by atoms with Crippen LogP contribution in [0.25, 0.3) is 0 Å². The maximum Gasteiger partial charge on any atom is 0.242 e. The van der Waals surface area contributed by atoms with Gasteiger partial charge in [0.05, 0.1) is 12.5 Å². The summed E-state index contributed by atoms with van der Waals surface area (Å²) >= 11 is 0. The number of amides is 1. The van der Waals surface area contributed by atoms with Gasteiger partial charge in [-0.05, 0) is 5.56 Å². The SMILES string of the molecule is CS(=O)(=O)Nc1cn(CC(=O)NCc2ccccc2)nn1. The number of carbonyl (C=O) groups is 1. The van der Waals surface area contributed by atoms with Gasteiger partial charge in [-0.25, -0.2) is 13.1 Å². The number of aromatic nitrogens is 3. The lowest BCUT2D eigenvalue weighted by Gasteiger charge is -2.04. The van der Waals surface area contributed by atoms with Gasteiger partial charge in [-0.1, -0.05) is 35.5 Å². The maximum atomic E-state index is 11.7. The van der Waals surface area contributed by atoms with Crippen LogP contribution >= 0.6 is 0 Å². The monoisotopic (exact) mass is 309 g/mol.